The molecule has 1 aromatic heterocycles. The first-order chi connectivity index (χ1) is 10.2. The summed E-state index contributed by atoms with van der Waals surface area (Å²) in [5.74, 6) is 2.60. The topological polar surface area (TPSA) is 46.9 Å². The van der Waals surface area contributed by atoms with E-state index in [0.717, 1.165) is 31.4 Å². The number of nitrogens with one attached hydrogen (secondary N) is 1. The van der Waals surface area contributed by atoms with E-state index >= 15 is 0 Å². The molecule has 2 fully saturated rings. The number of aromatic nitrogens is 2. The molecule has 21 heavy (non-hydrogen) atoms. The van der Waals surface area contributed by atoms with Gasteiger partial charge in [-0.3, -0.25) is 4.79 Å². The molecule has 0 spiro atoms. The molecule has 1 aliphatic heterocycles. The fourth-order valence-corrected chi connectivity index (χ4v) is 4.57. The highest BCUT2D eigenvalue weighted by Gasteiger charge is 2.25. The molecule has 0 radical (unpaired) electrons. The zero-order valence-corrected chi connectivity index (χ0v) is 13.6. The molecule has 1 aromatic rings. The summed E-state index contributed by atoms with van der Waals surface area (Å²) in [5.41, 5.74) is 0.968. The number of hydrogen-bond donors (Lipinski definition) is 1. The van der Waals surface area contributed by atoms with Gasteiger partial charge in [-0.15, -0.1) is 0 Å². The largest absolute Gasteiger partial charge is 0.311 e. The van der Waals surface area contributed by atoms with Crippen LogP contribution in [-0.4, -0.2) is 33.4 Å². The molecule has 1 N–H and O–H groups in total. The van der Waals surface area contributed by atoms with Crippen molar-refractivity contribution in [2.45, 2.75) is 63.6 Å². The minimum absolute atomic E-state index is 0.0429. The van der Waals surface area contributed by atoms with Gasteiger partial charge < -0.3 is 5.32 Å². The van der Waals surface area contributed by atoms with Crippen LogP contribution in [0.1, 0.15) is 50.3 Å². The predicted octanol–water partition coefficient (Wildman–Crippen LogP) is 2.52. The molecule has 4 nitrogen and oxygen atoms in total. The average Bonchev–Trinajstić information content (AvgIpc) is 2.52. The monoisotopic (exact) mass is 307 g/mol. The Morgan fingerprint density at radius 1 is 1.10 bits per heavy atom. The van der Waals surface area contributed by atoms with Gasteiger partial charge in [-0.25, -0.2) is 4.68 Å². The second-order valence-electron chi connectivity index (χ2n) is 6.32. The Bertz CT molecular complexity index is 516. The second kappa shape index (κ2) is 6.97. The van der Waals surface area contributed by atoms with E-state index in [4.69, 9.17) is 0 Å². The number of rotatable bonds is 3. The van der Waals surface area contributed by atoms with Crippen LogP contribution in [0.4, 0.5) is 0 Å². The molecular formula is C16H25N3OS. The quantitative estimate of drug-likeness (QED) is 0.932. The van der Waals surface area contributed by atoms with Crippen molar-refractivity contribution in [1.82, 2.24) is 15.1 Å². The Morgan fingerprint density at radius 2 is 1.76 bits per heavy atom. The van der Waals surface area contributed by atoms with Crippen molar-refractivity contribution >= 4 is 11.8 Å². The van der Waals surface area contributed by atoms with Gasteiger partial charge in [0.1, 0.15) is 0 Å². The van der Waals surface area contributed by atoms with E-state index < -0.39 is 0 Å². The Hall–Kier alpha value is -0.810. The molecule has 1 aliphatic carbocycles. The highest BCUT2D eigenvalue weighted by atomic mass is 32.2. The van der Waals surface area contributed by atoms with E-state index in [2.05, 4.69) is 22.2 Å². The minimum Gasteiger partial charge on any atom is -0.311 e. The Morgan fingerprint density at radius 3 is 2.48 bits per heavy atom. The number of thioether (sulfide) groups is 1. The smallest absolute Gasteiger partial charge is 0.267 e. The van der Waals surface area contributed by atoms with Crippen LogP contribution in [0.5, 0.6) is 0 Å². The van der Waals surface area contributed by atoms with E-state index in [1.54, 1.807) is 16.8 Å². The van der Waals surface area contributed by atoms with E-state index in [1.165, 1.54) is 24.3 Å². The predicted molar refractivity (Wildman–Crippen MR) is 88.0 cm³/mol. The fourth-order valence-electron chi connectivity index (χ4n) is 3.47. The van der Waals surface area contributed by atoms with Crippen molar-refractivity contribution in [3.63, 3.8) is 0 Å². The van der Waals surface area contributed by atoms with Crippen molar-refractivity contribution in [3.05, 3.63) is 28.2 Å². The normalized spacial score (nSPS) is 27.7. The van der Waals surface area contributed by atoms with Crippen LogP contribution in [0.15, 0.2) is 16.9 Å². The van der Waals surface area contributed by atoms with Crippen molar-refractivity contribution in [2.75, 3.05) is 11.5 Å². The molecule has 5 heteroatoms. The summed E-state index contributed by atoms with van der Waals surface area (Å²) in [4.78, 5) is 12.0. The Balaban J connectivity index is 1.55. The molecule has 2 heterocycles. The fraction of sp³-hybridized carbons (Fsp3) is 0.750. The van der Waals surface area contributed by atoms with Gasteiger partial charge >= 0.3 is 0 Å². The van der Waals surface area contributed by atoms with Gasteiger partial charge in [-0.05, 0) is 63.0 Å². The van der Waals surface area contributed by atoms with E-state index in [9.17, 15) is 4.79 Å². The highest BCUT2D eigenvalue weighted by Crippen LogP contribution is 2.28. The lowest BCUT2D eigenvalue weighted by atomic mass is 9.90. The van der Waals surface area contributed by atoms with Crippen LogP contribution in [0.25, 0.3) is 0 Å². The summed E-state index contributed by atoms with van der Waals surface area (Å²) < 4.78 is 1.71. The van der Waals surface area contributed by atoms with Gasteiger partial charge in [-0.1, -0.05) is 0 Å². The van der Waals surface area contributed by atoms with Crippen molar-refractivity contribution in [3.8, 4) is 0 Å². The average molecular weight is 307 g/mol. The number of nitrogens with zero attached hydrogens (tertiary/aromatic N) is 2. The van der Waals surface area contributed by atoms with Gasteiger partial charge in [0.2, 0.25) is 0 Å². The van der Waals surface area contributed by atoms with E-state index in [-0.39, 0.29) is 11.6 Å². The van der Waals surface area contributed by atoms with E-state index in [0.29, 0.717) is 12.1 Å². The summed E-state index contributed by atoms with van der Waals surface area (Å²) in [5, 5.41) is 8.25. The lowest BCUT2D eigenvalue weighted by Gasteiger charge is -2.33. The Labute approximate surface area is 130 Å². The summed E-state index contributed by atoms with van der Waals surface area (Å²) in [7, 11) is 0. The standard InChI is InChI=1S/C16H25N3OS/c1-12-2-7-16(20)19(18-12)15-5-3-13(4-6-15)17-14-8-10-21-11-9-14/h2,7,13-15,17H,3-6,8-11H2,1H3. The molecule has 0 aromatic carbocycles. The van der Waals surface area contributed by atoms with E-state index in [1.807, 2.05) is 6.92 Å². The molecule has 0 unspecified atom stereocenters. The maximum absolute atomic E-state index is 12.0. The summed E-state index contributed by atoms with van der Waals surface area (Å²) in [6, 6.07) is 5.08. The summed E-state index contributed by atoms with van der Waals surface area (Å²) in [6.45, 7) is 1.95. The van der Waals surface area contributed by atoms with Crippen LogP contribution in [0.2, 0.25) is 0 Å². The van der Waals surface area contributed by atoms with Crippen molar-refractivity contribution < 1.29 is 0 Å². The number of aryl methyl sites for hydroxylation is 1. The lowest BCUT2D eigenvalue weighted by molar-refractivity contribution is 0.251. The van der Waals surface area contributed by atoms with Crippen LogP contribution < -0.4 is 10.9 Å². The Kier molecular flexibility index (Phi) is 5.01. The molecule has 2 aliphatic rings. The first kappa shape index (κ1) is 15.1. The first-order valence-electron chi connectivity index (χ1n) is 8.12. The molecule has 3 rings (SSSR count). The third-order valence-corrected chi connectivity index (χ3v) is 5.74. The third-order valence-electron chi connectivity index (χ3n) is 4.69. The van der Waals surface area contributed by atoms with Crippen LogP contribution >= 0.6 is 11.8 Å². The van der Waals surface area contributed by atoms with Crippen LogP contribution in [-0.2, 0) is 0 Å². The summed E-state index contributed by atoms with van der Waals surface area (Å²) in [6.07, 6.45) is 7.07. The van der Waals surface area contributed by atoms with Gasteiger partial charge in [0.25, 0.3) is 5.56 Å². The van der Waals surface area contributed by atoms with Gasteiger partial charge in [0, 0.05) is 18.2 Å². The van der Waals surface area contributed by atoms with Gasteiger partial charge in [-0.2, -0.15) is 16.9 Å². The maximum atomic E-state index is 12.0. The third kappa shape index (κ3) is 3.89. The van der Waals surface area contributed by atoms with Crippen molar-refractivity contribution in [1.29, 1.82) is 0 Å². The molecule has 0 amide bonds. The van der Waals surface area contributed by atoms with Crippen LogP contribution in [0, 0.1) is 6.92 Å². The van der Waals surface area contributed by atoms with Crippen molar-refractivity contribution in [2.24, 2.45) is 0 Å². The SMILES string of the molecule is Cc1ccc(=O)n(C2CCC(NC3CCSCC3)CC2)n1. The highest BCUT2D eigenvalue weighted by molar-refractivity contribution is 7.99. The molecular weight excluding hydrogens is 282 g/mol. The number of hydrogen-bond acceptors (Lipinski definition) is 4. The lowest BCUT2D eigenvalue weighted by Crippen LogP contribution is -2.43. The maximum Gasteiger partial charge on any atom is 0.267 e. The summed E-state index contributed by atoms with van der Waals surface area (Å²) >= 11 is 2.07. The van der Waals surface area contributed by atoms with Gasteiger partial charge in [0.05, 0.1) is 11.7 Å². The minimum atomic E-state index is 0.0429. The first-order valence-corrected chi connectivity index (χ1v) is 9.28. The molecule has 0 bridgehead atoms. The second-order valence-corrected chi connectivity index (χ2v) is 7.54. The molecule has 0 atom stereocenters. The van der Waals surface area contributed by atoms with Gasteiger partial charge in [0.15, 0.2) is 0 Å². The molecule has 1 saturated carbocycles. The van der Waals surface area contributed by atoms with Crippen LogP contribution in [0.3, 0.4) is 0 Å². The zero-order valence-electron chi connectivity index (χ0n) is 12.8. The molecule has 116 valence electrons. The molecule has 1 saturated heterocycles. The zero-order chi connectivity index (χ0) is 14.7.